The largest absolute Gasteiger partial charge is 0.333 e. The fourth-order valence-corrected chi connectivity index (χ4v) is 3.03. The minimum Gasteiger partial charge on any atom is -0.333 e. The Bertz CT molecular complexity index is 876. The van der Waals surface area contributed by atoms with Crippen molar-refractivity contribution in [1.29, 1.82) is 0 Å². The molecule has 3 aromatic rings. The number of nitrogens with one attached hydrogen (secondary N) is 2. The van der Waals surface area contributed by atoms with E-state index < -0.39 is 0 Å². The van der Waals surface area contributed by atoms with Crippen LogP contribution in [0.3, 0.4) is 0 Å². The molecular weight excluding hydrogens is 316 g/mol. The molecule has 1 unspecified atom stereocenters. The van der Waals surface area contributed by atoms with Crippen LogP contribution >= 0.6 is 0 Å². The zero-order valence-electron chi connectivity index (χ0n) is 13.6. The Balaban J connectivity index is 1.45. The number of hydrogen-bond donors (Lipinski definition) is 2. The fourth-order valence-electron chi connectivity index (χ4n) is 3.03. The van der Waals surface area contributed by atoms with E-state index in [4.69, 9.17) is 0 Å². The standard InChI is InChI=1S/C18H18N6O/c25-18(22-14-8-9-16-20-12-21-24(16)11-14)23-15-7-4-10-19-17(15)13-5-2-1-3-6-13/h1-7,10,12,14H,8-9,11H2,(H2,22,23,25). The van der Waals surface area contributed by atoms with Crippen molar-refractivity contribution in [2.75, 3.05) is 5.32 Å². The predicted molar refractivity (Wildman–Crippen MR) is 94.0 cm³/mol. The third-order valence-electron chi connectivity index (χ3n) is 4.24. The maximum atomic E-state index is 12.4. The van der Waals surface area contributed by atoms with Crippen LogP contribution in [-0.2, 0) is 13.0 Å². The summed E-state index contributed by atoms with van der Waals surface area (Å²) < 4.78 is 1.84. The molecular formula is C18H18N6O. The van der Waals surface area contributed by atoms with Crippen molar-refractivity contribution in [2.45, 2.75) is 25.4 Å². The average Bonchev–Trinajstić information content (AvgIpc) is 3.10. The lowest BCUT2D eigenvalue weighted by atomic mass is 10.1. The summed E-state index contributed by atoms with van der Waals surface area (Å²) in [4.78, 5) is 21.0. The first-order valence-electron chi connectivity index (χ1n) is 8.24. The van der Waals surface area contributed by atoms with Gasteiger partial charge in [0.05, 0.1) is 24.0 Å². The van der Waals surface area contributed by atoms with Crippen molar-refractivity contribution in [3.63, 3.8) is 0 Å². The summed E-state index contributed by atoms with van der Waals surface area (Å²) in [6.07, 6.45) is 4.94. The van der Waals surface area contributed by atoms with Crippen LogP contribution in [0.4, 0.5) is 10.5 Å². The van der Waals surface area contributed by atoms with Gasteiger partial charge in [-0.25, -0.2) is 14.5 Å². The highest BCUT2D eigenvalue weighted by Crippen LogP contribution is 2.25. The van der Waals surface area contributed by atoms with Gasteiger partial charge in [-0.1, -0.05) is 30.3 Å². The van der Waals surface area contributed by atoms with Gasteiger partial charge < -0.3 is 10.6 Å². The summed E-state index contributed by atoms with van der Waals surface area (Å²) in [5.74, 6) is 0.970. The van der Waals surface area contributed by atoms with Crippen LogP contribution in [0.2, 0.25) is 0 Å². The first-order valence-corrected chi connectivity index (χ1v) is 8.24. The number of amides is 2. The molecule has 0 fully saturated rings. The van der Waals surface area contributed by atoms with Gasteiger partial charge in [0.15, 0.2) is 0 Å². The van der Waals surface area contributed by atoms with Gasteiger partial charge in [-0.05, 0) is 18.6 Å². The molecule has 7 heteroatoms. The Morgan fingerprint density at radius 3 is 2.88 bits per heavy atom. The predicted octanol–water partition coefficient (Wildman–Crippen LogP) is 2.48. The van der Waals surface area contributed by atoms with Gasteiger partial charge in [0.2, 0.25) is 0 Å². The van der Waals surface area contributed by atoms with E-state index in [2.05, 4.69) is 25.7 Å². The van der Waals surface area contributed by atoms with Gasteiger partial charge in [0.25, 0.3) is 0 Å². The molecule has 4 rings (SSSR count). The maximum Gasteiger partial charge on any atom is 0.319 e. The quantitative estimate of drug-likeness (QED) is 0.770. The Hall–Kier alpha value is -3.22. The second-order valence-corrected chi connectivity index (χ2v) is 5.96. The molecule has 0 radical (unpaired) electrons. The number of pyridine rings is 1. The highest BCUT2D eigenvalue weighted by molar-refractivity contribution is 5.93. The van der Waals surface area contributed by atoms with E-state index in [1.54, 1.807) is 12.5 Å². The van der Waals surface area contributed by atoms with Gasteiger partial charge in [0.1, 0.15) is 12.2 Å². The molecule has 0 saturated carbocycles. The lowest BCUT2D eigenvalue weighted by Crippen LogP contribution is -2.43. The molecule has 0 bridgehead atoms. The number of fused-ring (bicyclic) bond motifs is 1. The lowest BCUT2D eigenvalue weighted by molar-refractivity contribution is 0.243. The number of carbonyl (C=O) groups excluding carboxylic acids is 1. The number of nitrogens with zero attached hydrogens (tertiary/aromatic N) is 4. The third-order valence-corrected chi connectivity index (χ3v) is 4.24. The van der Waals surface area contributed by atoms with Crippen LogP contribution in [0.1, 0.15) is 12.2 Å². The summed E-state index contributed by atoms with van der Waals surface area (Å²) >= 11 is 0. The molecule has 3 heterocycles. The second-order valence-electron chi connectivity index (χ2n) is 5.96. The normalized spacial score (nSPS) is 16.1. The summed E-state index contributed by atoms with van der Waals surface area (Å²) in [6.45, 7) is 0.640. The van der Waals surface area contributed by atoms with Gasteiger partial charge in [0, 0.05) is 18.2 Å². The van der Waals surface area contributed by atoms with E-state index in [0.29, 0.717) is 12.2 Å². The van der Waals surface area contributed by atoms with E-state index in [-0.39, 0.29) is 12.1 Å². The molecule has 1 atom stereocenters. The highest BCUT2D eigenvalue weighted by atomic mass is 16.2. The Morgan fingerprint density at radius 2 is 2.00 bits per heavy atom. The van der Waals surface area contributed by atoms with Crippen molar-refractivity contribution in [3.05, 3.63) is 60.8 Å². The van der Waals surface area contributed by atoms with Gasteiger partial charge >= 0.3 is 6.03 Å². The zero-order chi connectivity index (χ0) is 17.1. The minimum absolute atomic E-state index is 0.0334. The molecule has 2 amide bonds. The molecule has 0 aliphatic carbocycles. The maximum absolute atomic E-state index is 12.4. The number of rotatable bonds is 3. The first kappa shape index (κ1) is 15.3. The monoisotopic (exact) mass is 334 g/mol. The Kier molecular flexibility index (Phi) is 4.12. The van der Waals surface area contributed by atoms with Crippen LogP contribution in [0.15, 0.2) is 55.0 Å². The van der Waals surface area contributed by atoms with Crippen molar-refractivity contribution in [3.8, 4) is 11.3 Å². The van der Waals surface area contributed by atoms with E-state index in [9.17, 15) is 4.79 Å². The third kappa shape index (κ3) is 3.35. The van der Waals surface area contributed by atoms with Gasteiger partial charge in [-0.3, -0.25) is 4.98 Å². The van der Waals surface area contributed by atoms with Crippen LogP contribution in [-0.4, -0.2) is 31.8 Å². The minimum atomic E-state index is -0.237. The number of urea groups is 1. The molecule has 0 saturated heterocycles. The molecule has 2 N–H and O–H groups in total. The lowest BCUT2D eigenvalue weighted by Gasteiger charge is -2.23. The number of benzene rings is 1. The molecule has 1 aromatic carbocycles. The molecule has 1 aliphatic heterocycles. The Morgan fingerprint density at radius 1 is 1.12 bits per heavy atom. The molecule has 25 heavy (non-hydrogen) atoms. The van der Waals surface area contributed by atoms with Crippen LogP contribution in [0, 0.1) is 0 Å². The van der Waals surface area contributed by atoms with Crippen LogP contribution in [0.25, 0.3) is 11.3 Å². The molecule has 0 spiro atoms. The Labute approximate surface area is 145 Å². The van der Waals surface area contributed by atoms with E-state index in [1.807, 2.05) is 47.1 Å². The van der Waals surface area contributed by atoms with Gasteiger partial charge in [-0.15, -0.1) is 0 Å². The number of hydrogen-bond acceptors (Lipinski definition) is 4. The summed E-state index contributed by atoms with van der Waals surface area (Å²) in [5, 5.41) is 10.1. The topological polar surface area (TPSA) is 84.7 Å². The highest BCUT2D eigenvalue weighted by Gasteiger charge is 2.21. The van der Waals surface area contributed by atoms with Crippen molar-refractivity contribution in [1.82, 2.24) is 25.1 Å². The second kappa shape index (κ2) is 6.72. The van der Waals surface area contributed by atoms with E-state index in [1.165, 1.54) is 0 Å². The van der Waals surface area contributed by atoms with Crippen molar-refractivity contribution in [2.24, 2.45) is 0 Å². The molecule has 1 aliphatic rings. The van der Waals surface area contributed by atoms with Crippen LogP contribution in [0.5, 0.6) is 0 Å². The van der Waals surface area contributed by atoms with Gasteiger partial charge in [-0.2, -0.15) is 5.10 Å². The summed E-state index contributed by atoms with van der Waals surface area (Å²) in [7, 11) is 0. The molecule has 2 aromatic heterocycles. The summed E-state index contributed by atoms with van der Waals surface area (Å²) in [6, 6.07) is 13.3. The fraction of sp³-hybridized carbons (Fsp3) is 0.222. The van der Waals surface area contributed by atoms with Crippen molar-refractivity contribution < 1.29 is 4.79 Å². The number of carbonyl (C=O) groups is 1. The zero-order valence-corrected chi connectivity index (χ0v) is 13.6. The van der Waals surface area contributed by atoms with E-state index in [0.717, 1.165) is 29.9 Å². The average molecular weight is 334 g/mol. The SMILES string of the molecule is O=C(Nc1cccnc1-c1ccccc1)NC1CCc2ncnn2C1. The number of aryl methyl sites for hydroxylation is 1. The molecule has 7 nitrogen and oxygen atoms in total. The van der Waals surface area contributed by atoms with E-state index >= 15 is 0 Å². The molecule has 126 valence electrons. The smallest absolute Gasteiger partial charge is 0.319 e. The number of anilines is 1. The summed E-state index contributed by atoms with van der Waals surface area (Å²) in [5.41, 5.74) is 2.40. The van der Waals surface area contributed by atoms with Crippen LogP contribution < -0.4 is 10.6 Å². The van der Waals surface area contributed by atoms with Crippen molar-refractivity contribution >= 4 is 11.7 Å². The number of aromatic nitrogens is 4. The first-order chi connectivity index (χ1) is 12.3.